The molecule has 0 aliphatic carbocycles. The molecule has 0 fully saturated rings. The number of aliphatic hydroxyl groups is 2. The van der Waals surface area contributed by atoms with Gasteiger partial charge in [0.15, 0.2) is 0 Å². The van der Waals surface area contributed by atoms with Crippen LogP contribution in [0.2, 0.25) is 10.6 Å². The van der Waals surface area contributed by atoms with Crippen LogP contribution in [0.1, 0.15) is 11.1 Å². The third-order valence-electron chi connectivity index (χ3n) is 3.45. The molecule has 2 aromatic carbocycles. The summed E-state index contributed by atoms with van der Waals surface area (Å²) in [5, 5.41) is 21.5. The van der Waals surface area contributed by atoms with Crippen molar-refractivity contribution < 1.29 is 19.7 Å². The number of aliphatic hydroxyl groups excluding tert-OH is 2. The van der Waals surface area contributed by atoms with Gasteiger partial charge in [-0.15, -0.1) is 0 Å². The zero-order valence-electron chi connectivity index (χ0n) is 14.7. The minimum atomic E-state index is -0.410. The van der Waals surface area contributed by atoms with Gasteiger partial charge in [0.2, 0.25) is 0 Å². The van der Waals surface area contributed by atoms with Crippen LogP contribution in [0.5, 0.6) is 0 Å². The molecule has 0 heterocycles. The second-order valence-electron chi connectivity index (χ2n) is 5.88. The van der Waals surface area contributed by atoms with Crippen LogP contribution in [0.15, 0.2) is 60.7 Å². The third-order valence-corrected chi connectivity index (χ3v) is 10.8. The Hall–Kier alpha value is -0.681. The quantitative estimate of drug-likeness (QED) is 0.336. The van der Waals surface area contributed by atoms with Gasteiger partial charge in [-0.25, -0.2) is 0 Å². The summed E-state index contributed by atoms with van der Waals surface area (Å²) >= 11 is 0.728. The first-order chi connectivity index (χ1) is 12.7. The van der Waals surface area contributed by atoms with Crippen molar-refractivity contribution in [2.24, 2.45) is 0 Å². The molecule has 0 aromatic heterocycles. The third kappa shape index (κ3) is 9.86. The first kappa shape index (κ1) is 21.6. The van der Waals surface area contributed by atoms with E-state index in [1.54, 1.807) is 0 Å². The summed E-state index contributed by atoms with van der Waals surface area (Å²) in [5.74, 6) is 0. The summed E-state index contributed by atoms with van der Waals surface area (Å²) in [5.41, 5.74) is 2.24. The van der Waals surface area contributed by atoms with Crippen LogP contribution in [-0.2, 0) is 22.7 Å². The predicted octanol–water partition coefficient (Wildman–Crippen LogP) is 2.30. The molecule has 0 saturated carbocycles. The van der Waals surface area contributed by atoms with Gasteiger partial charge in [0, 0.05) is 0 Å². The Morgan fingerprint density at radius 1 is 0.654 bits per heavy atom. The standard InChI is InChI=1S/C20H26O4Se2/c21-19(13-23-11-17-7-3-1-4-8-17)15-25-26-16-20(22)14-24-12-18-9-5-2-6-10-18/h1-10,19-22H,11-16H2/t19-,20-/m0/s1. The van der Waals surface area contributed by atoms with Crippen molar-refractivity contribution in [3.8, 4) is 0 Å². The molecule has 0 amide bonds. The molecule has 4 nitrogen and oxygen atoms in total. The predicted molar refractivity (Wildman–Crippen MR) is 105 cm³/mol. The van der Waals surface area contributed by atoms with Crippen LogP contribution in [0.3, 0.4) is 0 Å². The van der Waals surface area contributed by atoms with Gasteiger partial charge in [-0.1, -0.05) is 0 Å². The molecule has 6 heteroatoms. The van der Waals surface area contributed by atoms with Gasteiger partial charge in [0.1, 0.15) is 0 Å². The van der Waals surface area contributed by atoms with E-state index in [0.717, 1.165) is 21.8 Å². The summed E-state index contributed by atoms with van der Waals surface area (Å²) in [6, 6.07) is 19.9. The van der Waals surface area contributed by atoms with Gasteiger partial charge in [0.25, 0.3) is 0 Å². The Balaban J connectivity index is 1.44. The van der Waals surface area contributed by atoms with Crippen LogP contribution < -0.4 is 0 Å². The second kappa shape index (κ2) is 13.5. The van der Waals surface area contributed by atoms with Gasteiger partial charge in [-0.2, -0.15) is 0 Å². The van der Waals surface area contributed by atoms with Crippen molar-refractivity contribution in [3.63, 3.8) is 0 Å². The first-order valence-electron chi connectivity index (χ1n) is 8.58. The minimum absolute atomic E-state index is 0.364. The normalized spacial score (nSPS) is 13.5. The maximum absolute atomic E-state index is 9.97. The Kier molecular flexibility index (Phi) is 11.2. The maximum atomic E-state index is 9.97. The molecular formula is C20H26O4Se2. The van der Waals surface area contributed by atoms with E-state index >= 15 is 0 Å². The van der Waals surface area contributed by atoms with Crippen LogP contribution >= 0.6 is 0 Å². The number of hydrogen-bond acceptors (Lipinski definition) is 4. The van der Waals surface area contributed by atoms with E-state index in [9.17, 15) is 10.2 Å². The van der Waals surface area contributed by atoms with Crippen LogP contribution in [0.4, 0.5) is 0 Å². The fourth-order valence-corrected chi connectivity index (χ4v) is 9.11. The SMILES string of the molecule is O[C@@H](COCc1ccccc1)C[Se][Se]C[C@@H](O)COCc1ccccc1. The molecule has 2 aromatic rings. The Morgan fingerprint density at radius 2 is 1.04 bits per heavy atom. The summed E-state index contributed by atoms with van der Waals surface area (Å²) in [6.45, 7) is 1.81. The average molecular weight is 488 g/mol. The van der Waals surface area contributed by atoms with Crippen LogP contribution in [0.25, 0.3) is 0 Å². The van der Waals surface area contributed by atoms with E-state index < -0.39 is 12.2 Å². The average Bonchev–Trinajstić information content (AvgIpc) is 2.67. The van der Waals surface area contributed by atoms with Crippen molar-refractivity contribution in [1.82, 2.24) is 0 Å². The number of hydrogen-bond donors (Lipinski definition) is 2. The molecule has 142 valence electrons. The molecule has 0 unspecified atom stereocenters. The van der Waals surface area contributed by atoms with Crippen molar-refractivity contribution in [2.45, 2.75) is 36.1 Å². The number of ether oxygens (including phenoxy) is 2. The Bertz CT molecular complexity index is 529. The van der Waals surface area contributed by atoms with Crippen molar-refractivity contribution in [1.29, 1.82) is 0 Å². The van der Waals surface area contributed by atoms with E-state index in [4.69, 9.17) is 9.47 Å². The van der Waals surface area contributed by atoms with E-state index in [1.807, 2.05) is 60.7 Å². The molecule has 0 radical (unpaired) electrons. The molecule has 0 spiro atoms. The van der Waals surface area contributed by atoms with Crippen LogP contribution in [-0.4, -0.2) is 61.9 Å². The van der Waals surface area contributed by atoms with E-state index in [-0.39, 0.29) is 0 Å². The molecule has 0 saturated heterocycles. The van der Waals surface area contributed by atoms with Gasteiger partial charge in [-0.3, -0.25) is 0 Å². The van der Waals surface area contributed by atoms with Gasteiger partial charge in [-0.05, 0) is 0 Å². The van der Waals surface area contributed by atoms with Crippen molar-refractivity contribution >= 4 is 26.3 Å². The number of rotatable bonds is 13. The second-order valence-corrected chi connectivity index (χ2v) is 13.4. The molecule has 2 N–H and O–H groups in total. The fourth-order valence-electron chi connectivity index (χ4n) is 2.12. The van der Waals surface area contributed by atoms with Crippen molar-refractivity contribution in [2.75, 3.05) is 13.2 Å². The van der Waals surface area contributed by atoms with E-state index in [0.29, 0.717) is 52.7 Å². The van der Waals surface area contributed by atoms with Gasteiger partial charge in [0.05, 0.1) is 0 Å². The zero-order valence-corrected chi connectivity index (χ0v) is 18.1. The van der Waals surface area contributed by atoms with Gasteiger partial charge >= 0.3 is 167 Å². The topological polar surface area (TPSA) is 58.9 Å². The summed E-state index contributed by atoms with van der Waals surface area (Å²) in [7, 11) is 0. The fraction of sp³-hybridized carbons (Fsp3) is 0.400. The summed E-state index contributed by atoms with van der Waals surface area (Å²) in [4.78, 5) is 0. The Morgan fingerprint density at radius 3 is 1.42 bits per heavy atom. The van der Waals surface area contributed by atoms with E-state index in [1.165, 1.54) is 0 Å². The van der Waals surface area contributed by atoms with E-state index in [2.05, 4.69) is 0 Å². The molecule has 2 atom stereocenters. The molecule has 0 aliphatic rings. The molecule has 26 heavy (non-hydrogen) atoms. The zero-order chi connectivity index (χ0) is 18.5. The van der Waals surface area contributed by atoms with Gasteiger partial charge < -0.3 is 0 Å². The van der Waals surface area contributed by atoms with Crippen LogP contribution in [0, 0.1) is 0 Å². The Labute approximate surface area is 166 Å². The van der Waals surface area contributed by atoms with Crippen molar-refractivity contribution in [3.05, 3.63) is 71.8 Å². The summed E-state index contributed by atoms with van der Waals surface area (Å²) in [6.07, 6.45) is -0.820. The monoisotopic (exact) mass is 490 g/mol. The number of benzene rings is 2. The molecule has 0 bridgehead atoms. The first-order valence-corrected chi connectivity index (χ1v) is 15.3. The molecular weight excluding hydrogens is 462 g/mol. The summed E-state index contributed by atoms with van der Waals surface area (Å²) < 4.78 is 11.1. The molecule has 2 rings (SSSR count). The molecule has 0 aliphatic heterocycles.